The Labute approximate surface area is 162 Å². The zero-order valence-electron chi connectivity index (χ0n) is 15.4. The predicted octanol–water partition coefficient (Wildman–Crippen LogP) is 2.68. The summed E-state index contributed by atoms with van der Waals surface area (Å²) in [6.45, 7) is 6.74. The molecule has 3 aromatic rings. The molecule has 1 aliphatic rings. The van der Waals surface area contributed by atoms with E-state index in [1.165, 1.54) is 11.3 Å². The van der Waals surface area contributed by atoms with Crippen LogP contribution in [0.1, 0.15) is 23.5 Å². The van der Waals surface area contributed by atoms with E-state index in [1.54, 1.807) is 6.20 Å². The van der Waals surface area contributed by atoms with E-state index in [4.69, 9.17) is 0 Å². The fourth-order valence-corrected chi connectivity index (χ4v) is 3.94. The molecule has 140 valence electrons. The number of amides is 1. The van der Waals surface area contributed by atoms with Gasteiger partial charge in [0.1, 0.15) is 0 Å². The van der Waals surface area contributed by atoms with E-state index in [1.807, 2.05) is 41.3 Å². The zero-order chi connectivity index (χ0) is 18.8. The van der Waals surface area contributed by atoms with Gasteiger partial charge in [-0.05, 0) is 30.2 Å². The molecule has 1 amide bonds. The molecule has 3 aromatic heterocycles. The lowest BCUT2D eigenvalue weighted by atomic mass is 10.1. The summed E-state index contributed by atoms with van der Waals surface area (Å²) in [6.07, 6.45) is 5.56. The lowest BCUT2D eigenvalue weighted by molar-refractivity contribution is 0.0934. The number of anilines is 1. The van der Waals surface area contributed by atoms with Crippen molar-refractivity contribution in [1.29, 1.82) is 0 Å². The van der Waals surface area contributed by atoms with Crippen LogP contribution in [0.4, 0.5) is 5.82 Å². The molecule has 1 saturated heterocycles. The van der Waals surface area contributed by atoms with Crippen LogP contribution in [0.3, 0.4) is 0 Å². The quantitative estimate of drug-likeness (QED) is 0.709. The van der Waals surface area contributed by atoms with Crippen molar-refractivity contribution in [2.45, 2.75) is 26.4 Å². The van der Waals surface area contributed by atoms with Crippen molar-refractivity contribution in [3.8, 4) is 10.4 Å². The SMILES string of the molecule is CC(C)Cn1cc(-c2ccc(C(=O)NC3CN(c4cccnn4)C3)s2)cn1. The summed E-state index contributed by atoms with van der Waals surface area (Å²) < 4.78 is 1.95. The highest BCUT2D eigenvalue weighted by atomic mass is 32.1. The van der Waals surface area contributed by atoms with Crippen LogP contribution in [0, 0.1) is 5.92 Å². The molecule has 4 rings (SSSR count). The minimum absolute atomic E-state index is 0.0235. The Morgan fingerprint density at radius 2 is 2.19 bits per heavy atom. The Morgan fingerprint density at radius 1 is 1.33 bits per heavy atom. The van der Waals surface area contributed by atoms with Crippen molar-refractivity contribution in [3.05, 3.63) is 47.7 Å². The molecule has 0 aliphatic carbocycles. The van der Waals surface area contributed by atoms with Gasteiger partial charge in [0.15, 0.2) is 5.82 Å². The van der Waals surface area contributed by atoms with Gasteiger partial charge in [-0.25, -0.2) is 0 Å². The molecule has 0 bridgehead atoms. The van der Waals surface area contributed by atoms with E-state index in [9.17, 15) is 4.79 Å². The van der Waals surface area contributed by atoms with Crippen LogP contribution in [-0.4, -0.2) is 45.0 Å². The van der Waals surface area contributed by atoms with E-state index in [0.717, 1.165) is 40.8 Å². The molecular weight excluding hydrogens is 360 g/mol. The Bertz CT molecular complexity index is 913. The third kappa shape index (κ3) is 4.00. The number of nitrogens with one attached hydrogen (secondary N) is 1. The molecule has 27 heavy (non-hydrogen) atoms. The number of hydrogen-bond acceptors (Lipinski definition) is 6. The fourth-order valence-electron chi connectivity index (χ4n) is 3.06. The molecule has 4 heterocycles. The molecule has 1 N–H and O–H groups in total. The Kier molecular flexibility index (Phi) is 4.89. The van der Waals surface area contributed by atoms with Crippen molar-refractivity contribution >= 4 is 23.1 Å². The van der Waals surface area contributed by atoms with Crippen LogP contribution in [0.5, 0.6) is 0 Å². The van der Waals surface area contributed by atoms with Gasteiger partial charge >= 0.3 is 0 Å². The van der Waals surface area contributed by atoms with Crippen LogP contribution >= 0.6 is 11.3 Å². The van der Waals surface area contributed by atoms with E-state index >= 15 is 0 Å². The van der Waals surface area contributed by atoms with E-state index in [-0.39, 0.29) is 11.9 Å². The van der Waals surface area contributed by atoms with Gasteiger partial charge in [0.05, 0.1) is 17.1 Å². The molecule has 0 aromatic carbocycles. The fraction of sp³-hybridized carbons (Fsp3) is 0.368. The first-order valence-corrected chi connectivity index (χ1v) is 9.86. The van der Waals surface area contributed by atoms with Crippen molar-refractivity contribution in [3.63, 3.8) is 0 Å². The number of carbonyl (C=O) groups is 1. The van der Waals surface area contributed by atoms with Crippen molar-refractivity contribution in [2.24, 2.45) is 5.92 Å². The van der Waals surface area contributed by atoms with Crippen LogP contribution in [0.25, 0.3) is 10.4 Å². The Balaban J connectivity index is 1.33. The predicted molar refractivity (Wildman–Crippen MR) is 106 cm³/mol. The molecule has 1 fully saturated rings. The topological polar surface area (TPSA) is 75.9 Å². The average Bonchev–Trinajstić information content (AvgIpc) is 3.27. The number of nitrogens with zero attached hydrogens (tertiary/aromatic N) is 5. The molecule has 1 aliphatic heterocycles. The lowest BCUT2D eigenvalue weighted by Crippen LogP contribution is -2.59. The van der Waals surface area contributed by atoms with Gasteiger partial charge in [-0.3, -0.25) is 9.48 Å². The summed E-state index contributed by atoms with van der Waals surface area (Å²) in [7, 11) is 0. The maximum absolute atomic E-state index is 12.5. The molecule has 0 spiro atoms. The molecule has 0 saturated carbocycles. The van der Waals surface area contributed by atoms with Crippen LogP contribution in [0.2, 0.25) is 0 Å². The first-order valence-electron chi connectivity index (χ1n) is 9.04. The second-order valence-electron chi connectivity index (χ2n) is 7.17. The maximum Gasteiger partial charge on any atom is 0.261 e. The third-order valence-corrected chi connectivity index (χ3v) is 5.53. The van der Waals surface area contributed by atoms with Gasteiger partial charge < -0.3 is 10.2 Å². The minimum atomic E-state index is -0.0235. The van der Waals surface area contributed by atoms with Crippen molar-refractivity contribution < 1.29 is 4.79 Å². The lowest BCUT2D eigenvalue weighted by Gasteiger charge is -2.39. The molecule has 0 atom stereocenters. The van der Waals surface area contributed by atoms with Crippen LogP contribution < -0.4 is 10.2 Å². The molecule has 0 unspecified atom stereocenters. The number of thiophene rings is 1. The summed E-state index contributed by atoms with van der Waals surface area (Å²) >= 11 is 1.50. The molecule has 0 radical (unpaired) electrons. The average molecular weight is 382 g/mol. The first kappa shape index (κ1) is 17.7. The normalized spacial score (nSPS) is 14.4. The van der Waals surface area contributed by atoms with E-state index in [2.05, 4.69) is 39.4 Å². The number of carbonyl (C=O) groups excluding carboxylic acids is 1. The Morgan fingerprint density at radius 3 is 2.93 bits per heavy atom. The second kappa shape index (κ2) is 7.48. The number of rotatable bonds is 6. The number of aromatic nitrogens is 4. The van der Waals surface area contributed by atoms with Crippen LogP contribution in [0.15, 0.2) is 42.9 Å². The van der Waals surface area contributed by atoms with Gasteiger partial charge in [-0.15, -0.1) is 16.4 Å². The zero-order valence-corrected chi connectivity index (χ0v) is 16.2. The first-order chi connectivity index (χ1) is 13.1. The van der Waals surface area contributed by atoms with E-state index in [0.29, 0.717) is 5.92 Å². The monoisotopic (exact) mass is 382 g/mol. The highest BCUT2D eigenvalue weighted by Crippen LogP contribution is 2.28. The second-order valence-corrected chi connectivity index (χ2v) is 8.25. The Hall–Kier alpha value is -2.74. The summed E-state index contributed by atoms with van der Waals surface area (Å²) in [6, 6.07) is 7.80. The third-order valence-electron chi connectivity index (χ3n) is 4.40. The van der Waals surface area contributed by atoms with Crippen molar-refractivity contribution in [2.75, 3.05) is 18.0 Å². The molecule has 7 nitrogen and oxygen atoms in total. The summed E-state index contributed by atoms with van der Waals surface area (Å²) in [4.78, 5) is 16.4. The number of hydrogen-bond donors (Lipinski definition) is 1. The van der Waals surface area contributed by atoms with Crippen molar-refractivity contribution in [1.82, 2.24) is 25.3 Å². The summed E-state index contributed by atoms with van der Waals surface area (Å²) in [5.41, 5.74) is 1.05. The highest BCUT2D eigenvalue weighted by Gasteiger charge is 2.29. The van der Waals surface area contributed by atoms with E-state index < -0.39 is 0 Å². The summed E-state index contributed by atoms with van der Waals surface area (Å²) in [5.74, 6) is 1.37. The molecular formula is C19H22N6OS. The maximum atomic E-state index is 12.5. The largest absolute Gasteiger partial charge is 0.351 e. The van der Waals surface area contributed by atoms with Gasteiger partial charge in [0.2, 0.25) is 0 Å². The van der Waals surface area contributed by atoms with Gasteiger partial charge in [0, 0.05) is 42.5 Å². The van der Waals surface area contributed by atoms with Gasteiger partial charge in [0.25, 0.3) is 5.91 Å². The molecule has 8 heteroatoms. The van der Waals surface area contributed by atoms with Gasteiger partial charge in [-0.2, -0.15) is 10.2 Å². The van der Waals surface area contributed by atoms with Crippen LogP contribution in [-0.2, 0) is 6.54 Å². The van der Waals surface area contributed by atoms with Gasteiger partial charge in [-0.1, -0.05) is 13.8 Å². The smallest absolute Gasteiger partial charge is 0.261 e. The minimum Gasteiger partial charge on any atom is -0.351 e. The summed E-state index contributed by atoms with van der Waals surface area (Å²) in [5, 5.41) is 15.5. The highest BCUT2D eigenvalue weighted by molar-refractivity contribution is 7.17. The standard InChI is InChI=1S/C19H22N6OS/c1-13(2)9-25-10-14(8-21-25)16-5-6-17(27-16)19(26)22-15-11-24(12-15)18-4-3-7-20-23-18/h3-8,10,13,15H,9,11-12H2,1-2H3,(H,22,26).